The van der Waals surface area contributed by atoms with Crippen molar-refractivity contribution in [2.24, 2.45) is 0 Å². The van der Waals surface area contributed by atoms with Crippen LogP contribution in [0, 0.1) is 3.57 Å². The first kappa shape index (κ1) is 11.2. The lowest BCUT2D eigenvalue weighted by atomic mass is 9.86. The van der Waals surface area contributed by atoms with E-state index in [0.717, 1.165) is 9.64 Å². The number of rotatable bonds is 0. The van der Waals surface area contributed by atoms with Crippen molar-refractivity contribution in [3.8, 4) is 0 Å². The molecule has 1 aromatic rings. The number of hydrogen-bond donors (Lipinski definition) is 0. The van der Waals surface area contributed by atoms with Crippen LogP contribution in [0.15, 0.2) is 18.2 Å². The number of aryl methyl sites for hydroxylation is 1. The maximum Gasteiger partial charge on any atom is 0.335 e. The van der Waals surface area contributed by atoms with Crippen molar-refractivity contribution in [2.45, 2.75) is 24.7 Å². The van der Waals surface area contributed by atoms with Gasteiger partial charge in [0.05, 0.1) is 0 Å². The van der Waals surface area contributed by atoms with Crippen LogP contribution < -0.4 is 0 Å². The summed E-state index contributed by atoms with van der Waals surface area (Å²) >= 11 is 1.97. The van der Waals surface area contributed by atoms with Crippen molar-refractivity contribution in [3.05, 3.63) is 32.9 Å². The van der Waals surface area contributed by atoms with Crippen molar-refractivity contribution in [2.75, 3.05) is 0 Å². The summed E-state index contributed by atoms with van der Waals surface area (Å²) < 4.78 is 53.5. The molecule has 0 amide bonds. The lowest BCUT2D eigenvalue weighted by Gasteiger charge is -2.32. The molecule has 0 N–H and O–H groups in total. The van der Waals surface area contributed by atoms with Gasteiger partial charge < -0.3 is 0 Å². The Morgan fingerprint density at radius 1 is 1.13 bits per heavy atom. The topological polar surface area (TPSA) is 0 Å². The molecule has 5 heteroatoms. The molecule has 82 valence electrons. The second-order valence-corrected chi connectivity index (χ2v) is 4.83. The minimum Gasteiger partial charge on any atom is -0.199 e. The Bertz CT molecular complexity index is 400. The summed E-state index contributed by atoms with van der Waals surface area (Å²) in [6, 6.07) is 4.07. The van der Waals surface area contributed by atoms with Crippen LogP contribution in [0.1, 0.15) is 17.5 Å². The first-order chi connectivity index (χ1) is 6.84. The molecule has 0 bridgehead atoms. The van der Waals surface area contributed by atoms with Crippen LogP contribution in [-0.4, -0.2) is 5.92 Å². The monoisotopic (exact) mass is 330 g/mol. The number of benzene rings is 1. The van der Waals surface area contributed by atoms with Gasteiger partial charge in [-0.15, -0.1) is 0 Å². The van der Waals surface area contributed by atoms with Crippen molar-refractivity contribution < 1.29 is 17.6 Å². The summed E-state index contributed by atoms with van der Waals surface area (Å²) in [6.45, 7) is 0. The zero-order chi connectivity index (χ0) is 11.3. The Balaban J connectivity index is 2.58. The molecule has 0 heterocycles. The van der Waals surface area contributed by atoms with E-state index >= 15 is 0 Å². The molecule has 1 aliphatic rings. The zero-order valence-electron chi connectivity index (χ0n) is 7.54. The zero-order valence-corrected chi connectivity index (χ0v) is 9.69. The van der Waals surface area contributed by atoms with Crippen molar-refractivity contribution in [1.82, 2.24) is 0 Å². The van der Waals surface area contributed by atoms with Gasteiger partial charge in [0.25, 0.3) is 0 Å². The van der Waals surface area contributed by atoms with E-state index < -0.39 is 23.8 Å². The molecule has 0 spiro atoms. The molecular weight excluding hydrogens is 323 g/mol. The van der Waals surface area contributed by atoms with Gasteiger partial charge in [-0.25, -0.2) is 0 Å². The highest BCUT2D eigenvalue weighted by molar-refractivity contribution is 14.1. The first-order valence-corrected chi connectivity index (χ1v) is 5.47. The number of hydrogen-bond acceptors (Lipinski definition) is 0. The summed E-state index contributed by atoms with van der Waals surface area (Å²) in [6.07, 6.45) is -0.776. The smallest absolute Gasteiger partial charge is 0.199 e. The van der Waals surface area contributed by atoms with Gasteiger partial charge >= 0.3 is 11.8 Å². The Morgan fingerprint density at radius 3 is 2.47 bits per heavy atom. The molecule has 0 radical (unpaired) electrons. The van der Waals surface area contributed by atoms with E-state index in [-0.39, 0.29) is 6.42 Å². The Kier molecular flexibility index (Phi) is 2.48. The van der Waals surface area contributed by atoms with Crippen molar-refractivity contribution in [1.29, 1.82) is 0 Å². The van der Waals surface area contributed by atoms with Crippen LogP contribution >= 0.6 is 22.6 Å². The fraction of sp³-hybridized carbons (Fsp3) is 0.400. The average Bonchev–Trinajstić information content (AvgIpc) is 2.12. The molecule has 0 unspecified atom stereocenters. The van der Waals surface area contributed by atoms with Gasteiger partial charge in [-0.3, -0.25) is 0 Å². The molecule has 0 nitrogen and oxygen atoms in total. The summed E-state index contributed by atoms with van der Waals surface area (Å²) in [5, 5.41) is 0. The molecule has 1 aliphatic carbocycles. The quantitative estimate of drug-likeness (QED) is 0.499. The third-order valence-electron chi connectivity index (χ3n) is 2.57. The SMILES string of the molecule is FC1(F)CCc2cc(I)ccc2C1(F)F. The minimum atomic E-state index is -4.04. The highest BCUT2D eigenvalue weighted by atomic mass is 127. The third-order valence-corrected chi connectivity index (χ3v) is 3.24. The molecule has 0 fully saturated rings. The standard InChI is InChI=1S/C10H7F4I/c11-9(12)4-3-6-5-7(15)1-2-8(6)10(9,13)14/h1-2,5H,3-4H2. The van der Waals surface area contributed by atoms with Gasteiger partial charge in [-0.1, -0.05) is 6.07 Å². The lowest BCUT2D eigenvalue weighted by molar-refractivity contribution is -0.224. The van der Waals surface area contributed by atoms with Gasteiger partial charge in [0, 0.05) is 15.6 Å². The maximum absolute atomic E-state index is 13.4. The molecule has 0 atom stereocenters. The van der Waals surface area contributed by atoms with Crippen LogP contribution in [0.2, 0.25) is 0 Å². The maximum atomic E-state index is 13.4. The van der Waals surface area contributed by atoms with Gasteiger partial charge in [0.1, 0.15) is 0 Å². The molecule has 1 aromatic carbocycles. The second-order valence-electron chi connectivity index (χ2n) is 3.58. The molecule has 0 aliphatic heterocycles. The molecule has 0 saturated carbocycles. The van der Waals surface area contributed by atoms with Crippen LogP contribution in [-0.2, 0) is 12.3 Å². The van der Waals surface area contributed by atoms with Gasteiger partial charge in [-0.05, 0) is 46.7 Å². The van der Waals surface area contributed by atoms with Crippen LogP contribution in [0.5, 0.6) is 0 Å². The largest absolute Gasteiger partial charge is 0.335 e. The van der Waals surface area contributed by atoms with Crippen LogP contribution in [0.25, 0.3) is 0 Å². The van der Waals surface area contributed by atoms with E-state index in [1.54, 1.807) is 6.07 Å². The van der Waals surface area contributed by atoms with E-state index in [1.165, 1.54) is 6.07 Å². The molecule has 2 rings (SSSR count). The van der Waals surface area contributed by atoms with Crippen molar-refractivity contribution in [3.63, 3.8) is 0 Å². The Morgan fingerprint density at radius 2 is 1.80 bits per heavy atom. The number of alkyl halides is 4. The fourth-order valence-corrected chi connectivity index (χ4v) is 2.28. The van der Waals surface area contributed by atoms with E-state index in [9.17, 15) is 17.6 Å². The minimum absolute atomic E-state index is 0.00870. The predicted octanol–water partition coefficient (Wildman–Crippen LogP) is 3.96. The summed E-state index contributed by atoms with van der Waals surface area (Å²) in [7, 11) is 0. The van der Waals surface area contributed by atoms with Crippen LogP contribution in [0.4, 0.5) is 17.6 Å². The summed E-state index contributed by atoms with van der Waals surface area (Å²) in [5.74, 6) is -7.96. The number of fused-ring (bicyclic) bond motifs is 1. The van der Waals surface area contributed by atoms with Gasteiger partial charge in [0.15, 0.2) is 0 Å². The van der Waals surface area contributed by atoms with E-state index in [4.69, 9.17) is 0 Å². The van der Waals surface area contributed by atoms with Crippen molar-refractivity contribution >= 4 is 22.6 Å². The summed E-state index contributed by atoms with van der Waals surface area (Å²) in [5.41, 5.74) is -0.197. The summed E-state index contributed by atoms with van der Waals surface area (Å²) in [4.78, 5) is 0. The number of halogens is 5. The van der Waals surface area contributed by atoms with E-state index in [0.29, 0.717) is 5.56 Å². The predicted molar refractivity (Wildman–Crippen MR) is 56.3 cm³/mol. The molecular formula is C10H7F4I. The second kappa shape index (κ2) is 3.33. The molecule has 0 saturated heterocycles. The highest BCUT2D eigenvalue weighted by Crippen LogP contribution is 2.50. The molecule has 0 aromatic heterocycles. The van der Waals surface area contributed by atoms with Gasteiger partial charge in [0.2, 0.25) is 0 Å². The van der Waals surface area contributed by atoms with Gasteiger partial charge in [-0.2, -0.15) is 17.6 Å². The Hall–Kier alpha value is -0.330. The van der Waals surface area contributed by atoms with E-state index in [2.05, 4.69) is 0 Å². The fourth-order valence-electron chi connectivity index (χ4n) is 1.72. The normalized spacial score (nSPS) is 22.2. The molecule has 15 heavy (non-hydrogen) atoms. The van der Waals surface area contributed by atoms with Crippen LogP contribution in [0.3, 0.4) is 0 Å². The highest BCUT2D eigenvalue weighted by Gasteiger charge is 2.59. The Labute approximate surface area is 97.8 Å². The average molecular weight is 330 g/mol. The first-order valence-electron chi connectivity index (χ1n) is 4.39. The third kappa shape index (κ3) is 1.64. The van der Waals surface area contributed by atoms with E-state index in [1.807, 2.05) is 22.6 Å². The lowest BCUT2D eigenvalue weighted by Crippen LogP contribution is -2.42.